The number of nitrogens with one attached hydrogen (secondary N) is 1. The Bertz CT molecular complexity index is 817. The topological polar surface area (TPSA) is 90.7 Å². The predicted octanol–water partition coefficient (Wildman–Crippen LogP) is 4.11. The second kappa shape index (κ2) is 7.90. The summed E-state index contributed by atoms with van der Waals surface area (Å²) < 4.78 is 10.5. The Balaban J connectivity index is 2.39. The molecule has 0 heterocycles. The summed E-state index contributed by atoms with van der Waals surface area (Å²) in [4.78, 5) is 22.9. The van der Waals surface area contributed by atoms with Crippen molar-refractivity contribution in [2.75, 3.05) is 11.8 Å². The van der Waals surface area contributed by atoms with Crippen LogP contribution in [0.2, 0.25) is 0 Å². The number of hydrogen-bond acceptors (Lipinski definition) is 5. The van der Waals surface area contributed by atoms with Crippen molar-refractivity contribution < 1.29 is 19.2 Å². The predicted molar refractivity (Wildman–Crippen MR) is 99.6 cm³/mol. The summed E-state index contributed by atoms with van der Waals surface area (Å²) in [5.74, 6) is 0.436. The van der Waals surface area contributed by atoms with E-state index >= 15 is 0 Å². The number of hydrogen-bond donors (Lipinski definition) is 1. The van der Waals surface area contributed by atoms with Crippen LogP contribution in [0.1, 0.15) is 20.8 Å². The molecule has 0 unspecified atom stereocenters. The Morgan fingerprint density at radius 3 is 2.50 bits per heavy atom. The zero-order valence-corrected chi connectivity index (χ0v) is 14.8. The summed E-state index contributed by atoms with van der Waals surface area (Å²) in [6.45, 7) is 5.13. The van der Waals surface area contributed by atoms with Crippen molar-refractivity contribution in [2.45, 2.75) is 26.4 Å². The van der Waals surface area contributed by atoms with E-state index in [2.05, 4.69) is 5.32 Å². The van der Waals surface area contributed by atoms with Gasteiger partial charge in [0, 0.05) is 18.1 Å². The number of amides is 1. The van der Waals surface area contributed by atoms with Gasteiger partial charge in [0.25, 0.3) is 5.69 Å². The van der Waals surface area contributed by atoms with Crippen molar-refractivity contribution in [3.63, 3.8) is 0 Å². The van der Waals surface area contributed by atoms with Crippen molar-refractivity contribution >= 4 is 25.3 Å². The lowest BCUT2D eigenvalue weighted by atomic mass is 10.0. The number of nitro groups is 1. The zero-order chi connectivity index (χ0) is 19.3. The van der Waals surface area contributed by atoms with E-state index in [0.29, 0.717) is 16.9 Å². The summed E-state index contributed by atoms with van der Waals surface area (Å²) in [5, 5.41) is 14.0. The average Bonchev–Trinajstić information content (AvgIpc) is 2.54. The molecule has 0 saturated heterocycles. The molecule has 134 valence electrons. The number of benzene rings is 2. The molecule has 8 heteroatoms. The number of carbonyl (C=O) groups excluding carboxylic acids is 1. The van der Waals surface area contributed by atoms with Gasteiger partial charge in [0.1, 0.15) is 19.2 Å². The van der Waals surface area contributed by atoms with E-state index < -0.39 is 16.6 Å². The lowest BCUT2D eigenvalue weighted by Gasteiger charge is -2.19. The number of anilines is 1. The average molecular weight is 354 g/mol. The highest BCUT2D eigenvalue weighted by atomic mass is 16.6. The highest BCUT2D eigenvalue weighted by Gasteiger charge is 2.21. The quantitative estimate of drug-likeness (QED) is 0.496. The molecule has 1 N–H and O–H groups in total. The first kappa shape index (κ1) is 19.3. The Kier molecular flexibility index (Phi) is 5.87. The van der Waals surface area contributed by atoms with Gasteiger partial charge in [0.2, 0.25) is 0 Å². The molecule has 0 saturated carbocycles. The molecule has 0 spiro atoms. The minimum atomic E-state index is -0.689. The van der Waals surface area contributed by atoms with Crippen LogP contribution < -0.4 is 10.1 Å². The third-order valence-electron chi connectivity index (χ3n) is 3.26. The first-order valence-corrected chi connectivity index (χ1v) is 7.92. The molecule has 2 aromatic rings. The molecular weight excluding hydrogens is 335 g/mol. The van der Waals surface area contributed by atoms with Crippen molar-refractivity contribution in [3.05, 3.63) is 52.6 Å². The van der Waals surface area contributed by atoms with Gasteiger partial charge in [-0.2, -0.15) is 0 Å². The van der Waals surface area contributed by atoms with Gasteiger partial charge in [0.15, 0.2) is 0 Å². The lowest BCUT2D eigenvalue weighted by Crippen LogP contribution is -2.27. The van der Waals surface area contributed by atoms with Crippen molar-refractivity contribution in [3.8, 4) is 16.9 Å². The zero-order valence-electron chi connectivity index (χ0n) is 14.8. The molecule has 0 aromatic heterocycles. The molecule has 0 fully saturated rings. The van der Waals surface area contributed by atoms with Crippen molar-refractivity contribution in [1.29, 1.82) is 0 Å². The van der Waals surface area contributed by atoms with E-state index in [9.17, 15) is 14.9 Å². The van der Waals surface area contributed by atoms with Crippen LogP contribution in [-0.2, 0) is 4.74 Å². The maximum Gasteiger partial charge on any atom is 0.412 e. The summed E-state index contributed by atoms with van der Waals surface area (Å²) >= 11 is 0. The first-order chi connectivity index (χ1) is 12.2. The van der Waals surface area contributed by atoms with Crippen molar-refractivity contribution in [2.24, 2.45) is 0 Å². The molecule has 0 atom stereocenters. The van der Waals surface area contributed by atoms with Gasteiger partial charge in [0.05, 0.1) is 16.2 Å². The van der Waals surface area contributed by atoms with Crippen LogP contribution in [0.15, 0.2) is 42.5 Å². The highest BCUT2D eigenvalue weighted by Crippen LogP contribution is 2.37. The van der Waals surface area contributed by atoms with E-state index in [1.54, 1.807) is 57.2 Å². The fourth-order valence-electron chi connectivity index (χ4n) is 2.31. The summed E-state index contributed by atoms with van der Waals surface area (Å²) in [7, 11) is 5.42. The molecule has 0 aliphatic rings. The molecule has 0 aliphatic carbocycles. The van der Waals surface area contributed by atoms with Gasteiger partial charge < -0.3 is 9.47 Å². The smallest absolute Gasteiger partial charge is 0.412 e. The number of carbonyl (C=O) groups is 1. The normalized spacial score (nSPS) is 10.9. The van der Waals surface area contributed by atoms with Gasteiger partial charge >= 0.3 is 6.09 Å². The molecule has 1 amide bonds. The van der Waals surface area contributed by atoms with Crippen LogP contribution in [0.4, 0.5) is 16.2 Å². The third-order valence-corrected chi connectivity index (χ3v) is 3.26. The van der Waals surface area contributed by atoms with Gasteiger partial charge in [-0.15, -0.1) is 0 Å². The van der Waals surface area contributed by atoms with Crippen LogP contribution >= 0.6 is 0 Å². The Morgan fingerprint density at radius 2 is 1.88 bits per heavy atom. The maximum atomic E-state index is 11.9. The fourth-order valence-corrected chi connectivity index (χ4v) is 2.31. The van der Waals surface area contributed by atoms with Crippen LogP contribution in [0.25, 0.3) is 11.1 Å². The van der Waals surface area contributed by atoms with Crippen LogP contribution in [-0.4, -0.2) is 31.0 Å². The Hall–Kier alpha value is -3.03. The van der Waals surface area contributed by atoms with E-state index in [1.807, 2.05) is 0 Å². The van der Waals surface area contributed by atoms with Crippen LogP contribution in [0.5, 0.6) is 5.75 Å². The number of nitrogens with zero attached hydrogens (tertiary/aromatic N) is 1. The molecule has 2 aromatic carbocycles. The van der Waals surface area contributed by atoms with Gasteiger partial charge in [-0.1, -0.05) is 18.2 Å². The number of ether oxygens (including phenoxy) is 2. The van der Waals surface area contributed by atoms with Gasteiger partial charge in [-0.25, -0.2) is 4.79 Å². The first-order valence-electron chi connectivity index (χ1n) is 7.92. The van der Waals surface area contributed by atoms with E-state index in [4.69, 9.17) is 17.3 Å². The second-order valence-corrected chi connectivity index (χ2v) is 6.42. The van der Waals surface area contributed by atoms with Gasteiger partial charge in [-0.3, -0.25) is 15.4 Å². The maximum absolute atomic E-state index is 11.9. The standard InChI is InChI=1S/C18H19BN2O5/c1-18(2,3)26-17(22)20-12-8-9-13(15(10-12)21(23)24)14-6-4-5-7-16(14)25-11-19/h4-10H,11H2,1-3H3,(H,20,22). The van der Waals surface area contributed by atoms with E-state index in [1.165, 1.54) is 6.07 Å². The third kappa shape index (κ3) is 4.98. The minimum absolute atomic E-state index is 0.0525. The lowest BCUT2D eigenvalue weighted by molar-refractivity contribution is -0.384. The largest absolute Gasteiger partial charge is 0.503 e. The van der Waals surface area contributed by atoms with E-state index in [-0.39, 0.29) is 17.9 Å². The molecule has 0 bridgehead atoms. The van der Waals surface area contributed by atoms with Crippen molar-refractivity contribution in [1.82, 2.24) is 0 Å². The summed E-state index contributed by atoms with van der Waals surface area (Å²) in [6.07, 6.45) is -0.689. The second-order valence-electron chi connectivity index (χ2n) is 6.42. The minimum Gasteiger partial charge on any atom is -0.503 e. The highest BCUT2D eigenvalue weighted by molar-refractivity contribution is 6.08. The summed E-state index contributed by atoms with van der Waals surface area (Å²) in [6, 6.07) is 11.3. The Labute approximate surface area is 152 Å². The molecule has 2 radical (unpaired) electrons. The molecule has 26 heavy (non-hydrogen) atoms. The molecule has 2 rings (SSSR count). The van der Waals surface area contributed by atoms with Crippen LogP contribution in [0, 0.1) is 10.1 Å². The number of nitro benzene ring substituents is 1. The van der Waals surface area contributed by atoms with E-state index in [0.717, 1.165) is 0 Å². The van der Waals surface area contributed by atoms with Gasteiger partial charge in [-0.05, 0) is 39.0 Å². The van der Waals surface area contributed by atoms with Crippen LogP contribution in [0.3, 0.4) is 0 Å². The SMILES string of the molecule is [B]COc1ccccc1-c1ccc(NC(=O)OC(C)(C)C)cc1[N+](=O)[O-]. The monoisotopic (exact) mass is 354 g/mol. The molecule has 7 nitrogen and oxygen atoms in total. The Morgan fingerprint density at radius 1 is 1.19 bits per heavy atom. The molecule has 0 aliphatic heterocycles. The summed E-state index contributed by atoms with van der Waals surface area (Å²) in [5.41, 5.74) is 0.301. The molecular formula is C18H19BN2O5. The number of para-hydroxylation sites is 1. The fraction of sp³-hybridized carbons (Fsp3) is 0.278. The number of rotatable bonds is 5.